The fraction of sp³-hybridized carbons (Fsp3) is 0.0588. The summed E-state index contributed by atoms with van der Waals surface area (Å²) in [5.74, 6) is -0.486. The van der Waals surface area contributed by atoms with Crippen LogP contribution in [0.1, 0.15) is 16.1 Å². The summed E-state index contributed by atoms with van der Waals surface area (Å²) in [5.41, 5.74) is 2.37. The predicted octanol–water partition coefficient (Wildman–Crippen LogP) is 5.20. The molecule has 0 radical (unpaired) electrons. The van der Waals surface area contributed by atoms with E-state index >= 15 is 0 Å². The largest absolute Gasteiger partial charge is 0.487 e. The maximum absolute atomic E-state index is 11.6. The molecule has 0 bridgehead atoms. The van der Waals surface area contributed by atoms with Crippen LogP contribution in [0.2, 0.25) is 10.0 Å². The Morgan fingerprint density at radius 1 is 1.28 bits per heavy atom. The fourth-order valence-electron chi connectivity index (χ4n) is 2.85. The van der Waals surface area contributed by atoms with Crippen LogP contribution < -0.4 is 4.74 Å². The summed E-state index contributed by atoms with van der Waals surface area (Å²) < 4.78 is 8.07. The Kier molecular flexibility index (Phi) is 3.98. The zero-order valence-electron chi connectivity index (χ0n) is 12.5. The first-order valence-electron chi connectivity index (χ1n) is 7.19. The van der Waals surface area contributed by atoms with Gasteiger partial charge in [-0.15, -0.1) is 0 Å². The number of halogens is 3. The standard InChI is InChI=1S/C17H9BrCl2N2O3/c18-11-3-1-2-9-15-10(7-25-16(9)11)14(17(23)24)21-22(15)13-5-4-8(19)6-12(13)20/h1-6H,7H2,(H,23,24). The summed E-state index contributed by atoms with van der Waals surface area (Å²) in [7, 11) is 0. The van der Waals surface area contributed by atoms with Gasteiger partial charge >= 0.3 is 5.97 Å². The van der Waals surface area contributed by atoms with Gasteiger partial charge < -0.3 is 9.84 Å². The van der Waals surface area contributed by atoms with E-state index in [1.807, 2.05) is 18.2 Å². The fourth-order valence-corrected chi connectivity index (χ4v) is 3.82. The molecule has 1 aliphatic heterocycles. The lowest BCUT2D eigenvalue weighted by molar-refractivity contribution is 0.0687. The van der Waals surface area contributed by atoms with E-state index in [0.717, 1.165) is 10.0 Å². The highest BCUT2D eigenvalue weighted by atomic mass is 79.9. The molecule has 1 aliphatic rings. The quantitative estimate of drug-likeness (QED) is 0.596. The highest BCUT2D eigenvalue weighted by Gasteiger charge is 2.31. The van der Waals surface area contributed by atoms with Gasteiger partial charge in [0, 0.05) is 10.6 Å². The lowest BCUT2D eigenvalue weighted by Crippen LogP contribution is -2.10. The second kappa shape index (κ2) is 6.05. The molecule has 3 aromatic rings. The molecule has 0 aliphatic carbocycles. The van der Waals surface area contributed by atoms with Crippen molar-refractivity contribution in [1.29, 1.82) is 0 Å². The summed E-state index contributed by atoms with van der Waals surface area (Å²) in [6, 6.07) is 10.5. The summed E-state index contributed by atoms with van der Waals surface area (Å²) in [6.07, 6.45) is 0. The Morgan fingerprint density at radius 3 is 2.80 bits per heavy atom. The third kappa shape index (κ3) is 2.61. The third-order valence-corrected chi connectivity index (χ3v) is 5.07. The molecule has 2 aromatic carbocycles. The number of carbonyl (C=O) groups is 1. The monoisotopic (exact) mass is 438 g/mol. The minimum absolute atomic E-state index is 0.0633. The highest BCUT2D eigenvalue weighted by molar-refractivity contribution is 9.10. The maximum atomic E-state index is 11.6. The molecule has 126 valence electrons. The average Bonchev–Trinajstić information content (AvgIpc) is 2.95. The Morgan fingerprint density at radius 2 is 2.08 bits per heavy atom. The van der Waals surface area contributed by atoms with Crippen molar-refractivity contribution in [2.24, 2.45) is 0 Å². The Bertz CT molecular complexity index is 1030. The maximum Gasteiger partial charge on any atom is 0.356 e. The van der Waals surface area contributed by atoms with Gasteiger partial charge in [-0.1, -0.05) is 29.3 Å². The molecule has 0 spiro atoms. The summed E-state index contributed by atoms with van der Waals surface area (Å²) in [4.78, 5) is 11.6. The first kappa shape index (κ1) is 16.4. The van der Waals surface area contributed by atoms with Gasteiger partial charge in [-0.3, -0.25) is 0 Å². The SMILES string of the molecule is O=C(O)c1nn(-c2ccc(Cl)cc2Cl)c2c1COc1c(Br)cccc1-2. The van der Waals surface area contributed by atoms with Crippen molar-refractivity contribution in [2.45, 2.75) is 6.61 Å². The van der Waals surface area contributed by atoms with Gasteiger partial charge in [0.25, 0.3) is 0 Å². The molecule has 1 N–H and O–H groups in total. The molecule has 2 heterocycles. The van der Waals surface area contributed by atoms with Crippen LogP contribution in [0, 0.1) is 0 Å². The van der Waals surface area contributed by atoms with Gasteiger partial charge in [0.1, 0.15) is 12.4 Å². The molecule has 0 unspecified atom stereocenters. The number of benzene rings is 2. The molecule has 1 aromatic heterocycles. The van der Waals surface area contributed by atoms with E-state index in [1.165, 1.54) is 4.68 Å². The van der Waals surface area contributed by atoms with Crippen molar-refractivity contribution in [3.63, 3.8) is 0 Å². The minimum atomic E-state index is -1.12. The van der Waals surface area contributed by atoms with Crippen LogP contribution in [0.15, 0.2) is 40.9 Å². The zero-order chi connectivity index (χ0) is 17.7. The number of carboxylic acid groups (broad SMARTS) is 1. The van der Waals surface area contributed by atoms with Crippen molar-refractivity contribution in [3.8, 4) is 22.7 Å². The van der Waals surface area contributed by atoms with E-state index in [9.17, 15) is 9.90 Å². The Labute approximate surface area is 160 Å². The van der Waals surface area contributed by atoms with Gasteiger partial charge in [-0.05, 0) is 46.3 Å². The summed E-state index contributed by atoms with van der Waals surface area (Å²) in [5, 5.41) is 14.7. The topological polar surface area (TPSA) is 64.3 Å². The molecular formula is C17H9BrCl2N2O3. The number of nitrogens with zero attached hydrogens (tertiary/aromatic N) is 2. The highest BCUT2D eigenvalue weighted by Crippen LogP contribution is 2.44. The summed E-state index contributed by atoms with van der Waals surface area (Å²) >= 11 is 15.8. The molecule has 0 saturated carbocycles. The Balaban J connectivity index is 2.06. The van der Waals surface area contributed by atoms with Gasteiger partial charge in [0.2, 0.25) is 0 Å². The second-order valence-corrected chi connectivity index (χ2v) is 7.09. The first-order chi connectivity index (χ1) is 12.0. The van der Waals surface area contributed by atoms with Crippen molar-refractivity contribution in [1.82, 2.24) is 9.78 Å². The third-order valence-electron chi connectivity index (χ3n) is 3.91. The number of ether oxygens (including phenoxy) is 1. The predicted molar refractivity (Wildman–Crippen MR) is 98.0 cm³/mol. The molecule has 0 fully saturated rings. The lowest BCUT2D eigenvalue weighted by atomic mass is 10.0. The minimum Gasteiger partial charge on any atom is -0.487 e. The number of aromatic nitrogens is 2. The number of para-hydroxylation sites is 1. The van der Waals surface area contributed by atoms with Crippen molar-refractivity contribution < 1.29 is 14.6 Å². The van der Waals surface area contributed by atoms with E-state index in [1.54, 1.807) is 18.2 Å². The van der Waals surface area contributed by atoms with E-state index in [2.05, 4.69) is 21.0 Å². The molecule has 5 nitrogen and oxygen atoms in total. The van der Waals surface area contributed by atoms with Crippen LogP contribution in [0.25, 0.3) is 16.9 Å². The van der Waals surface area contributed by atoms with E-state index < -0.39 is 5.97 Å². The molecular weight excluding hydrogens is 431 g/mol. The van der Waals surface area contributed by atoms with Crippen LogP contribution >= 0.6 is 39.1 Å². The van der Waals surface area contributed by atoms with Gasteiger partial charge in [-0.2, -0.15) is 5.10 Å². The number of fused-ring (bicyclic) bond motifs is 3. The zero-order valence-corrected chi connectivity index (χ0v) is 15.6. The lowest BCUT2D eigenvalue weighted by Gasteiger charge is -2.21. The van der Waals surface area contributed by atoms with E-state index in [4.69, 9.17) is 27.9 Å². The number of rotatable bonds is 2. The molecule has 0 saturated heterocycles. The number of aromatic carboxylic acids is 1. The van der Waals surface area contributed by atoms with Crippen LogP contribution in [0.5, 0.6) is 5.75 Å². The molecule has 0 atom stereocenters. The Hall–Kier alpha value is -2.02. The molecule has 4 rings (SSSR count). The van der Waals surface area contributed by atoms with Crippen molar-refractivity contribution in [3.05, 3.63) is 62.2 Å². The number of hydrogen-bond donors (Lipinski definition) is 1. The number of hydrogen-bond acceptors (Lipinski definition) is 3. The van der Waals surface area contributed by atoms with Gasteiger partial charge in [0.05, 0.1) is 26.4 Å². The van der Waals surface area contributed by atoms with Crippen LogP contribution in [0.4, 0.5) is 0 Å². The second-order valence-electron chi connectivity index (χ2n) is 5.39. The van der Waals surface area contributed by atoms with Crippen LogP contribution in [-0.4, -0.2) is 20.9 Å². The van der Waals surface area contributed by atoms with Gasteiger partial charge in [0.15, 0.2) is 5.69 Å². The van der Waals surface area contributed by atoms with Gasteiger partial charge in [-0.25, -0.2) is 9.48 Å². The molecule has 25 heavy (non-hydrogen) atoms. The van der Waals surface area contributed by atoms with E-state index in [-0.39, 0.29) is 12.3 Å². The smallest absolute Gasteiger partial charge is 0.356 e. The van der Waals surface area contributed by atoms with Crippen LogP contribution in [0.3, 0.4) is 0 Å². The molecule has 8 heteroatoms. The average molecular weight is 440 g/mol. The van der Waals surface area contributed by atoms with E-state index in [0.29, 0.717) is 32.7 Å². The van der Waals surface area contributed by atoms with Crippen molar-refractivity contribution in [2.75, 3.05) is 0 Å². The number of carboxylic acids is 1. The normalized spacial score (nSPS) is 12.3. The first-order valence-corrected chi connectivity index (χ1v) is 8.74. The molecule has 0 amide bonds. The summed E-state index contributed by atoms with van der Waals surface area (Å²) in [6.45, 7) is 0.109. The van der Waals surface area contributed by atoms with Crippen LogP contribution in [-0.2, 0) is 6.61 Å². The van der Waals surface area contributed by atoms with Crippen molar-refractivity contribution >= 4 is 45.1 Å².